The summed E-state index contributed by atoms with van der Waals surface area (Å²) in [6, 6.07) is 8.24. The van der Waals surface area contributed by atoms with Crippen molar-refractivity contribution in [3.63, 3.8) is 0 Å². The summed E-state index contributed by atoms with van der Waals surface area (Å²) < 4.78 is 0. The van der Waals surface area contributed by atoms with E-state index in [1.165, 1.54) is 5.56 Å². The average molecular weight is 338 g/mol. The van der Waals surface area contributed by atoms with Crippen molar-refractivity contribution in [3.8, 4) is 0 Å². The van der Waals surface area contributed by atoms with Crippen LogP contribution in [0.4, 0.5) is 0 Å². The van der Waals surface area contributed by atoms with Gasteiger partial charge in [-0.2, -0.15) is 0 Å². The number of likely N-dealkylation sites (tertiary alicyclic amines) is 1. The van der Waals surface area contributed by atoms with Crippen molar-refractivity contribution in [2.45, 2.75) is 57.7 Å². The van der Waals surface area contributed by atoms with Crippen LogP contribution in [0.3, 0.4) is 0 Å². The van der Waals surface area contributed by atoms with Crippen LogP contribution >= 0.6 is 11.6 Å². The quantitative estimate of drug-likeness (QED) is 0.839. The Hall–Kier alpha value is -1.10. The molecule has 0 bridgehead atoms. The van der Waals surface area contributed by atoms with Crippen molar-refractivity contribution in [2.24, 2.45) is 5.73 Å². The molecular weight excluding hydrogens is 310 g/mol. The Labute approximate surface area is 144 Å². The number of hydrogen-bond acceptors (Lipinski definition) is 3. The number of carbonyl (C=O) groups is 1. The minimum absolute atomic E-state index is 0.0181. The van der Waals surface area contributed by atoms with Crippen molar-refractivity contribution in [1.82, 2.24) is 10.2 Å². The summed E-state index contributed by atoms with van der Waals surface area (Å²) in [6.45, 7) is 6.78. The molecule has 0 aliphatic carbocycles. The van der Waals surface area contributed by atoms with E-state index in [0.29, 0.717) is 6.42 Å². The van der Waals surface area contributed by atoms with Crippen LogP contribution in [-0.4, -0.2) is 35.5 Å². The van der Waals surface area contributed by atoms with E-state index in [-0.39, 0.29) is 11.9 Å². The lowest BCUT2D eigenvalue weighted by Gasteiger charge is -2.34. The Morgan fingerprint density at radius 3 is 2.52 bits per heavy atom. The Bertz CT molecular complexity index is 508. The molecule has 128 valence electrons. The molecule has 0 radical (unpaired) electrons. The first-order valence-electron chi connectivity index (χ1n) is 8.47. The van der Waals surface area contributed by atoms with Crippen LogP contribution in [0, 0.1) is 0 Å². The van der Waals surface area contributed by atoms with Gasteiger partial charge in [-0.05, 0) is 43.9 Å². The van der Waals surface area contributed by atoms with Crippen LogP contribution in [0.5, 0.6) is 0 Å². The van der Waals surface area contributed by atoms with Gasteiger partial charge in [0, 0.05) is 30.7 Å². The molecule has 1 atom stereocenters. The number of piperidine rings is 1. The zero-order chi connectivity index (χ0) is 16.9. The molecule has 0 saturated carbocycles. The molecule has 5 heteroatoms. The van der Waals surface area contributed by atoms with E-state index >= 15 is 0 Å². The van der Waals surface area contributed by atoms with Crippen LogP contribution in [0.1, 0.15) is 45.1 Å². The molecule has 0 spiro atoms. The Morgan fingerprint density at radius 1 is 1.35 bits per heavy atom. The normalized spacial score (nSPS) is 19.3. The third-order valence-electron chi connectivity index (χ3n) is 4.53. The summed E-state index contributed by atoms with van der Waals surface area (Å²) in [5.41, 5.74) is 6.61. The molecule has 23 heavy (non-hydrogen) atoms. The topological polar surface area (TPSA) is 58.4 Å². The second-order valence-corrected chi connectivity index (χ2v) is 7.25. The number of nitrogens with zero attached hydrogens (tertiary/aromatic N) is 1. The number of benzene rings is 1. The lowest BCUT2D eigenvalue weighted by Crippen LogP contribution is -2.55. The summed E-state index contributed by atoms with van der Waals surface area (Å²) in [5, 5.41) is 3.90. The minimum Gasteiger partial charge on any atom is -0.352 e. The molecule has 1 aromatic carbocycles. The summed E-state index contributed by atoms with van der Waals surface area (Å²) >= 11 is 5.92. The highest BCUT2D eigenvalue weighted by molar-refractivity contribution is 6.30. The zero-order valence-corrected chi connectivity index (χ0v) is 14.9. The molecule has 1 aliphatic heterocycles. The fraction of sp³-hybridized carbons (Fsp3) is 0.611. The van der Waals surface area contributed by atoms with Crippen LogP contribution in [0.2, 0.25) is 5.02 Å². The number of halogens is 1. The van der Waals surface area contributed by atoms with Gasteiger partial charge >= 0.3 is 0 Å². The number of rotatable bonds is 6. The van der Waals surface area contributed by atoms with E-state index < -0.39 is 5.54 Å². The van der Waals surface area contributed by atoms with Gasteiger partial charge in [0.25, 0.3) is 0 Å². The number of nitrogens with two attached hydrogens (primary N) is 1. The van der Waals surface area contributed by atoms with Crippen LogP contribution in [0.15, 0.2) is 24.3 Å². The van der Waals surface area contributed by atoms with Gasteiger partial charge in [-0.3, -0.25) is 9.69 Å². The predicted octanol–water partition coefficient (Wildman–Crippen LogP) is 2.94. The fourth-order valence-electron chi connectivity index (χ4n) is 3.07. The van der Waals surface area contributed by atoms with Gasteiger partial charge in [0.2, 0.25) is 5.91 Å². The van der Waals surface area contributed by atoms with Gasteiger partial charge in [0.05, 0.1) is 5.54 Å². The highest BCUT2D eigenvalue weighted by Gasteiger charge is 2.30. The maximum absolute atomic E-state index is 12.3. The molecule has 1 aromatic rings. The summed E-state index contributed by atoms with van der Waals surface area (Å²) in [4.78, 5) is 14.7. The lowest BCUT2D eigenvalue weighted by atomic mass is 9.95. The molecule has 1 fully saturated rings. The third-order valence-corrected chi connectivity index (χ3v) is 4.78. The summed E-state index contributed by atoms with van der Waals surface area (Å²) in [6.07, 6.45) is 3.58. The zero-order valence-electron chi connectivity index (χ0n) is 14.1. The SMILES string of the molecule is CCCC(C)(N)C(=O)NC1CCN(Cc2ccc(Cl)cc2)CC1. The van der Waals surface area contributed by atoms with Gasteiger partial charge < -0.3 is 11.1 Å². The molecule has 1 aliphatic rings. The van der Waals surface area contributed by atoms with Crippen molar-refractivity contribution >= 4 is 17.5 Å². The van der Waals surface area contributed by atoms with Gasteiger partial charge in [0.15, 0.2) is 0 Å². The van der Waals surface area contributed by atoms with Gasteiger partial charge in [-0.15, -0.1) is 0 Å². The largest absolute Gasteiger partial charge is 0.352 e. The number of amides is 1. The van der Waals surface area contributed by atoms with Crippen LogP contribution in [-0.2, 0) is 11.3 Å². The minimum atomic E-state index is -0.755. The average Bonchev–Trinajstić information content (AvgIpc) is 2.51. The molecule has 1 saturated heterocycles. The maximum Gasteiger partial charge on any atom is 0.240 e. The van der Waals surface area contributed by atoms with Gasteiger partial charge in [-0.1, -0.05) is 37.1 Å². The monoisotopic (exact) mass is 337 g/mol. The molecule has 3 N–H and O–H groups in total. The van der Waals surface area contributed by atoms with Gasteiger partial charge in [-0.25, -0.2) is 0 Å². The molecule has 1 heterocycles. The number of carbonyl (C=O) groups excluding carboxylic acids is 1. The van der Waals surface area contributed by atoms with Crippen molar-refractivity contribution < 1.29 is 4.79 Å². The lowest BCUT2D eigenvalue weighted by molar-refractivity contribution is -0.127. The van der Waals surface area contributed by atoms with Crippen LogP contribution < -0.4 is 11.1 Å². The molecular formula is C18H28ClN3O. The smallest absolute Gasteiger partial charge is 0.240 e. The number of nitrogens with one attached hydrogen (secondary N) is 1. The van der Waals surface area contributed by atoms with Crippen molar-refractivity contribution in [1.29, 1.82) is 0 Å². The molecule has 0 aromatic heterocycles. The van der Waals surface area contributed by atoms with E-state index in [0.717, 1.165) is 43.9 Å². The Morgan fingerprint density at radius 2 is 1.96 bits per heavy atom. The maximum atomic E-state index is 12.3. The fourth-order valence-corrected chi connectivity index (χ4v) is 3.19. The van der Waals surface area contributed by atoms with E-state index in [1.807, 2.05) is 26.0 Å². The number of hydrogen-bond donors (Lipinski definition) is 2. The molecule has 1 amide bonds. The Balaban J connectivity index is 1.77. The second kappa shape index (κ2) is 8.13. The first kappa shape index (κ1) is 18.2. The molecule has 2 rings (SSSR count). The van der Waals surface area contributed by atoms with E-state index in [1.54, 1.807) is 0 Å². The summed E-state index contributed by atoms with van der Waals surface area (Å²) in [5.74, 6) is -0.0181. The van der Waals surface area contributed by atoms with Gasteiger partial charge in [0.1, 0.15) is 0 Å². The summed E-state index contributed by atoms with van der Waals surface area (Å²) in [7, 11) is 0. The second-order valence-electron chi connectivity index (χ2n) is 6.82. The first-order valence-corrected chi connectivity index (χ1v) is 8.85. The highest BCUT2D eigenvalue weighted by Crippen LogP contribution is 2.17. The predicted molar refractivity (Wildman–Crippen MR) is 95.4 cm³/mol. The van der Waals surface area contributed by atoms with E-state index in [9.17, 15) is 4.79 Å². The highest BCUT2D eigenvalue weighted by atomic mass is 35.5. The standard InChI is InChI=1S/C18H28ClN3O/c1-3-10-18(2,20)17(23)21-16-8-11-22(12-9-16)13-14-4-6-15(19)7-5-14/h4-7,16H,3,8-13,20H2,1-2H3,(H,21,23). The Kier molecular flexibility index (Phi) is 6.45. The molecule has 1 unspecified atom stereocenters. The van der Waals surface area contributed by atoms with Crippen molar-refractivity contribution in [3.05, 3.63) is 34.9 Å². The first-order chi connectivity index (χ1) is 10.9. The van der Waals surface area contributed by atoms with Crippen molar-refractivity contribution in [2.75, 3.05) is 13.1 Å². The van der Waals surface area contributed by atoms with E-state index in [4.69, 9.17) is 17.3 Å². The van der Waals surface area contributed by atoms with E-state index in [2.05, 4.69) is 22.3 Å². The van der Waals surface area contributed by atoms with Crippen LogP contribution in [0.25, 0.3) is 0 Å². The third kappa shape index (κ3) is 5.48. The molecule has 4 nitrogen and oxygen atoms in total.